The van der Waals surface area contributed by atoms with Crippen molar-refractivity contribution in [3.05, 3.63) is 41.5 Å². The highest BCUT2D eigenvalue weighted by Gasteiger charge is 2.09. The lowest BCUT2D eigenvalue weighted by atomic mass is 10.2. The number of anilines is 1. The van der Waals surface area contributed by atoms with Crippen molar-refractivity contribution >= 4 is 28.1 Å². The first-order chi connectivity index (χ1) is 8.78. The highest BCUT2D eigenvalue weighted by Crippen LogP contribution is 2.27. The number of hydrogen-bond acceptors (Lipinski definition) is 4. The number of benzene rings is 1. The van der Waals surface area contributed by atoms with Gasteiger partial charge in [0.25, 0.3) is 0 Å². The normalized spacial score (nSPS) is 10.8. The number of halogens is 1. The lowest BCUT2D eigenvalue weighted by Crippen LogP contribution is -1.98. The molecule has 3 nitrogen and oxygen atoms in total. The Kier molecular flexibility index (Phi) is 2.68. The van der Waals surface area contributed by atoms with Gasteiger partial charge >= 0.3 is 0 Å². The summed E-state index contributed by atoms with van der Waals surface area (Å²) < 4.78 is 13.2. The minimum atomic E-state index is -0.286. The zero-order valence-electron chi connectivity index (χ0n) is 9.64. The smallest absolute Gasteiger partial charge is 0.172 e. The second-order valence-electron chi connectivity index (χ2n) is 3.78. The Balaban J connectivity index is 2.28. The van der Waals surface area contributed by atoms with Crippen LogP contribution in [0.25, 0.3) is 21.6 Å². The molecule has 18 heavy (non-hydrogen) atoms. The summed E-state index contributed by atoms with van der Waals surface area (Å²) in [7, 11) is 1.77. The summed E-state index contributed by atoms with van der Waals surface area (Å²) in [4.78, 5) is 9.88. The lowest BCUT2D eigenvalue weighted by Gasteiger charge is -2.07. The van der Waals surface area contributed by atoms with Gasteiger partial charge in [-0.1, -0.05) is 6.07 Å². The first-order valence-corrected chi connectivity index (χ1v) is 6.35. The predicted molar refractivity (Wildman–Crippen MR) is 72.4 cm³/mol. The van der Waals surface area contributed by atoms with Crippen LogP contribution in [0.1, 0.15) is 0 Å². The number of fused-ring (bicyclic) bond motifs is 1. The molecular formula is C13H10FN3S. The molecular weight excluding hydrogens is 249 g/mol. The van der Waals surface area contributed by atoms with Crippen molar-refractivity contribution in [2.45, 2.75) is 0 Å². The SMILES string of the molecule is CNc1nc(-c2cccs2)nc2ccc(F)cc12. The van der Waals surface area contributed by atoms with E-state index in [9.17, 15) is 4.39 Å². The van der Waals surface area contributed by atoms with Crippen LogP contribution in [0, 0.1) is 5.82 Å². The van der Waals surface area contributed by atoms with Crippen molar-refractivity contribution < 1.29 is 4.39 Å². The molecule has 1 N–H and O–H groups in total. The molecule has 0 radical (unpaired) electrons. The third-order valence-corrected chi connectivity index (χ3v) is 3.50. The van der Waals surface area contributed by atoms with Crippen LogP contribution >= 0.6 is 11.3 Å². The quantitative estimate of drug-likeness (QED) is 0.765. The topological polar surface area (TPSA) is 37.8 Å². The third kappa shape index (κ3) is 1.82. The summed E-state index contributed by atoms with van der Waals surface area (Å²) in [5, 5.41) is 5.66. The maximum Gasteiger partial charge on any atom is 0.172 e. The Hall–Kier alpha value is -2.01. The molecule has 0 bridgehead atoms. The van der Waals surface area contributed by atoms with Crippen LogP contribution in [-0.2, 0) is 0 Å². The van der Waals surface area contributed by atoms with E-state index in [1.165, 1.54) is 12.1 Å². The van der Waals surface area contributed by atoms with Crippen molar-refractivity contribution in [1.82, 2.24) is 9.97 Å². The fourth-order valence-electron chi connectivity index (χ4n) is 1.81. The molecule has 0 atom stereocenters. The van der Waals surface area contributed by atoms with Gasteiger partial charge in [0, 0.05) is 12.4 Å². The van der Waals surface area contributed by atoms with Crippen molar-refractivity contribution in [3.63, 3.8) is 0 Å². The van der Waals surface area contributed by atoms with Crippen LogP contribution in [0.2, 0.25) is 0 Å². The molecule has 0 unspecified atom stereocenters. The number of aromatic nitrogens is 2. The Morgan fingerprint density at radius 2 is 2.11 bits per heavy atom. The molecule has 0 fully saturated rings. The Bertz CT molecular complexity index is 695. The second kappa shape index (κ2) is 4.34. The van der Waals surface area contributed by atoms with Gasteiger partial charge in [-0.2, -0.15) is 0 Å². The largest absolute Gasteiger partial charge is 0.373 e. The van der Waals surface area contributed by atoms with E-state index in [2.05, 4.69) is 15.3 Å². The number of thiophene rings is 1. The van der Waals surface area contributed by atoms with Gasteiger partial charge in [0.2, 0.25) is 0 Å². The molecule has 0 aliphatic rings. The van der Waals surface area contributed by atoms with Gasteiger partial charge in [-0.3, -0.25) is 0 Å². The maximum absolute atomic E-state index is 13.2. The van der Waals surface area contributed by atoms with E-state index < -0.39 is 0 Å². The van der Waals surface area contributed by atoms with E-state index >= 15 is 0 Å². The Labute approximate surface area is 107 Å². The van der Waals surface area contributed by atoms with E-state index in [4.69, 9.17) is 0 Å². The summed E-state index contributed by atoms with van der Waals surface area (Å²) in [6, 6.07) is 8.45. The van der Waals surface area contributed by atoms with Gasteiger partial charge in [-0.05, 0) is 29.6 Å². The van der Waals surface area contributed by atoms with Crippen LogP contribution in [0.3, 0.4) is 0 Å². The van der Waals surface area contributed by atoms with Crippen molar-refractivity contribution in [1.29, 1.82) is 0 Å². The predicted octanol–water partition coefficient (Wildman–Crippen LogP) is 3.54. The van der Waals surface area contributed by atoms with Gasteiger partial charge in [-0.25, -0.2) is 14.4 Å². The van der Waals surface area contributed by atoms with E-state index in [1.54, 1.807) is 24.5 Å². The van der Waals surface area contributed by atoms with Gasteiger partial charge < -0.3 is 5.32 Å². The van der Waals surface area contributed by atoms with Gasteiger partial charge in [0.15, 0.2) is 5.82 Å². The summed E-state index contributed by atoms with van der Waals surface area (Å²) in [6.45, 7) is 0. The van der Waals surface area contributed by atoms with Crippen LogP contribution in [0.15, 0.2) is 35.7 Å². The molecule has 90 valence electrons. The monoisotopic (exact) mass is 259 g/mol. The highest BCUT2D eigenvalue weighted by molar-refractivity contribution is 7.13. The maximum atomic E-state index is 13.2. The Morgan fingerprint density at radius 3 is 2.83 bits per heavy atom. The molecule has 3 aromatic rings. The third-order valence-electron chi connectivity index (χ3n) is 2.64. The number of hydrogen-bond donors (Lipinski definition) is 1. The fourth-order valence-corrected chi connectivity index (χ4v) is 2.46. The van der Waals surface area contributed by atoms with Crippen molar-refractivity contribution in [2.75, 3.05) is 12.4 Å². The molecule has 5 heteroatoms. The summed E-state index contributed by atoms with van der Waals surface area (Å²) in [5.41, 5.74) is 0.735. The molecule has 0 aliphatic carbocycles. The van der Waals surface area contributed by atoms with Gasteiger partial charge in [-0.15, -0.1) is 11.3 Å². The summed E-state index contributed by atoms with van der Waals surface area (Å²) in [5.74, 6) is 1.02. The molecule has 2 aromatic heterocycles. The van der Waals surface area contributed by atoms with Crippen LogP contribution in [0.5, 0.6) is 0 Å². The second-order valence-corrected chi connectivity index (χ2v) is 4.73. The molecule has 0 spiro atoms. The minimum Gasteiger partial charge on any atom is -0.373 e. The van der Waals surface area contributed by atoms with Crippen LogP contribution in [-0.4, -0.2) is 17.0 Å². The van der Waals surface area contributed by atoms with E-state index in [0.717, 1.165) is 10.4 Å². The highest BCUT2D eigenvalue weighted by atomic mass is 32.1. The number of nitrogens with one attached hydrogen (secondary N) is 1. The average Bonchev–Trinajstić information content (AvgIpc) is 2.91. The first-order valence-electron chi connectivity index (χ1n) is 5.47. The molecule has 0 aliphatic heterocycles. The molecule has 0 saturated carbocycles. The number of nitrogens with zero attached hydrogens (tertiary/aromatic N) is 2. The van der Waals surface area contributed by atoms with Crippen LogP contribution < -0.4 is 5.32 Å². The zero-order valence-corrected chi connectivity index (χ0v) is 10.5. The molecule has 0 saturated heterocycles. The van der Waals surface area contributed by atoms with Crippen molar-refractivity contribution in [3.8, 4) is 10.7 Å². The van der Waals surface area contributed by atoms with Gasteiger partial charge in [0.1, 0.15) is 11.6 Å². The summed E-state index contributed by atoms with van der Waals surface area (Å²) in [6.07, 6.45) is 0. The summed E-state index contributed by atoms with van der Waals surface area (Å²) >= 11 is 1.58. The molecule has 1 aromatic carbocycles. The standard InChI is InChI=1S/C13H10FN3S/c1-15-12-9-7-8(14)4-5-10(9)16-13(17-12)11-3-2-6-18-11/h2-7H,1H3,(H,15,16,17). The average molecular weight is 259 g/mol. The van der Waals surface area contributed by atoms with Crippen LogP contribution in [0.4, 0.5) is 10.2 Å². The van der Waals surface area contributed by atoms with E-state index in [0.29, 0.717) is 17.0 Å². The fraction of sp³-hybridized carbons (Fsp3) is 0.0769. The first kappa shape index (κ1) is 11.1. The lowest BCUT2D eigenvalue weighted by molar-refractivity contribution is 0.629. The molecule has 0 amide bonds. The van der Waals surface area contributed by atoms with Gasteiger partial charge in [0.05, 0.1) is 10.4 Å². The van der Waals surface area contributed by atoms with E-state index in [-0.39, 0.29) is 5.82 Å². The molecule has 2 heterocycles. The van der Waals surface area contributed by atoms with Crippen molar-refractivity contribution in [2.24, 2.45) is 0 Å². The molecule has 3 rings (SSSR count). The zero-order chi connectivity index (χ0) is 12.5. The van der Waals surface area contributed by atoms with E-state index in [1.807, 2.05) is 17.5 Å². The Morgan fingerprint density at radius 1 is 1.22 bits per heavy atom. The minimum absolute atomic E-state index is 0.286. The number of rotatable bonds is 2.